The molecule has 0 saturated carbocycles. The van der Waals surface area contributed by atoms with Crippen LogP contribution < -0.4 is 14.8 Å². The van der Waals surface area contributed by atoms with E-state index in [1.165, 1.54) is 5.56 Å². The number of hydrogen-bond donors (Lipinski definition) is 1. The van der Waals surface area contributed by atoms with Crippen molar-refractivity contribution in [2.24, 2.45) is 0 Å². The van der Waals surface area contributed by atoms with Gasteiger partial charge in [-0.15, -0.1) is 0 Å². The average Bonchev–Trinajstić information content (AvgIpc) is 2.66. The summed E-state index contributed by atoms with van der Waals surface area (Å²) >= 11 is 6.20. The summed E-state index contributed by atoms with van der Waals surface area (Å²) in [6, 6.07) is 2.02. The number of halogens is 1. The van der Waals surface area contributed by atoms with Crippen molar-refractivity contribution in [3.63, 3.8) is 0 Å². The van der Waals surface area contributed by atoms with E-state index < -0.39 is 0 Å². The summed E-state index contributed by atoms with van der Waals surface area (Å²) in [6.07, 6.45) is 2.20. The van der Waals surface area contributed by atoms with Crippen LogP contribution in [0.25, 0.3) is 0 Å². The molecule has 0 radical (unpaired) electrons. The van der Waals surface area contributed by atoms with Gasteiger partial charge in [-0.1, -0.05) is 11.6 Å². The molecule has 0 bridgehead atoms. The summed E-state index contributed by atoms with van der Waals surface area (Å²) in [5, 5.41) is 3.95. The molecule has 4 heteroatoms. The van der Waals surface area contributed by atoms with Crippen molar-refractivity contribution in [3.8, 4) is 11.5 Å². The van der Waals surface area contributed by atoms with Crippen molar-refractivity contribution >= 4 is 17.3 Å². The summed E-state index contributed by atoms with van der Waals surface area (Å²) in [5.74, 6) is 1.46. The number of hydrogen-bond acceptors (Lipinski definition) is 3. The Morgan fingerprint density at radius 3 is 3.21 bits per heavy atom. The van der Waals surface area contributed by atoms with E-state index in [9.17, 15) is 0 Å². The van der Waals surface area contributed by atoms with Crippen LogP contribution in [0.1, 0.15) is 12.0 Å². The Morgan fingerprint density at radius 2 is 2.29 bits per heavy atom. The number of aryl methyl sites for hydroxylation is 1. The van der Waals surface area contributed by atoms with Crippen LogP contribution in [-0.2, 0) is 6.42 Å². The third-order valence-corrected chi connectivity index (χ3v) is 2.97. The second kappa shape index (κ2) is 2.95. The molecule has 0 fully saturated rings. The van der Waals surface area contributed by atoms with Crippen molar-refractivity contribution < 1.29 is 9.47 Å². The zero-order valence-corrected chi connectivity index (χ0v) is 8.36. The van der Waals surface area contributed by atoms with Gasteiger partial charge < -0.3 is 14.8 Å². The van der Waals surface area contributed by atoms with Gasteiger partial charge in [-0.25, -0.2) is 0 Å². The SMILES string of the molecule is Clc1c2c(cc3c1OCO3)CCCN2. The van der Waals surface area contributed by atoms with Gasteiger partial charge in [-0.2, -0.15) is 0 Å². The van der Waals surface area contributed by atoms with E-state index in [1.54, 1.807) is 0 Å². The number of benzene rings is 1. The first kappa shape index (κ1) is 8.24. The summed E-state index contributed by atoms with van der Waals surface area (Å²) < 4.78 is 10.6. The monoisotopic (exact) mass is 211 g/mol. The van der Waals surface area contributed by atoms with E-state index in [2.05, 4.69) is 5.32 Å². The van der Waals surface area contributed by atoms with Crippen molar-refractivity contribution in [2.45, 2.75) is 12.8 Å². The lowest BCUT2D eigenvalue weighted by atomic mass is 10.0. The number of nitrogens with one attached hydrogen (secondary N) is 1. The van der Waals surface area contributed by atoms with Gasteiger partial charge in [0.25, 0.3) is 0 Å². The first-order valence-corrected chi connectivity index (χ1v) is 5.09. The molecule has 3 rings (SSSR count). The van der Waals surface area contributed by atoms with E-state index in [0.717, 1.165) is 30.8 Å². The number of ether oxygens (including phenoxy) is 2. The van der Waals surface area contributed by atoms with Crippen molar-refractivity contribution in [1.82, 2.24) is 0 Å². The van der Waals surface area contributed by atoms with Crippen LogP contribution >= 0.6 is 11.6 Å². The molecule has 1 N–H and O–H groups in total. The minimum absolute atomic E-state index is 0.276. The van der Waals surface area contributed by atoms with Gasteiger partial charge >= 0.3 is 0 Å². The fourth-order valence-electron chi connectivity index (χ4n) is 1.93. The van der Waals surface area contributed by atoms with Crippen LogP contribution in [0.4, 0.5) is 5.69 Å². The number of rotatable bonds is 0. The fourth-order valence-corrected chi connectivity index (χ4v) is 2.27. The molecule has 3 nitrogen and oxygen atoms in total. The highest BCUT2D eigenvalue weighted by molar-refractivity contribution is 6.35. The molecule has 0 spiro atoms. The van der Waals surface area contributed by atoms with Crippen LogP contribution in [0.3, 0.4) is 0 Å². The quantitative estimate of drug-likeness (QED) is 0.715. The molecule has 2 aliphatic heterocycles. The first-order valence-electron chi connectivity index (χ1n) is 4.71. The lowest BCUT2D eigenvalue weighted by Crippen LogP contribution is -2.12. The van der Waals surface area contributed by atoms with E-state index >= 15 is 0 Å². The first-order chi connectivity index (χ1) is 6.86. The normalized spacial score (nSPS) is 17.5. The van der Waals surface area contributed by atoms with Gasteiger partial charge in [0.15, 0.2) is 11.5 Å². The Bertz CT molecular complexity index is 392. The Balaban J connectivity index is 2.20. The molecule has 1 aromatic rings. The molecular weight excluding hydrogens is 202 g/mol. The highest BCUT2D eigenvalue weighted by Crippen LogP contribution is 2.46. The molecule has 14 heavy (non-hydrogen) atoms. The predicted molar refractivity (Wildman–Crippen MR) is 54.4 cm³/mol. The molecular formula is C10H10ClNO2. The number of fused-ring (bicyclic) bond motifs is 2. The van der Waals surface area contributed by atoms with Gasteiger partial charge in [-0.05, 0) is 24.5 Å². The summed E-state index contributed by atoms with van der Waals surface area (Å²) in [7, 11) is 0. The van der Waals surface area contributed by atoms with E-state index in [-0.39, 0.29) is 6.79 Å². The smallest absolute Gasteiger partial charge is 0.231 e. The Labute approximate surface area is 87.0 Å². The number of anilines is 1. The fraction of sp³-hybridized carbons (Fsp3) is 0.400. The third-order valence-electron chi connectivity index (χ3n) is 2.61. The molecule has 0 unspecified atom stereocenters. The Hall–Kier alpha value is -1.09. The zero-order chi connectivity index (χ0) is 9.54. The van der Waals surface area contributed by atoms with Crippen molar-refractivity contribution in [2.75, 3.05) is 18.7 Å². The summed E-state index contributed by atoms with van der Waals surface area (Å²) in [5.41, 5.74) is 2.24. The summed E-state index contributed by atoms with van der Waals surface area (Å²) in [6.45, 7) is 1.25. The van der Waals surface area contributed by atoms with Gasteiger partial charge in [0.1, 0.15) is 5.02 Å². The molecule has 0 atom stereocenters. The Morgan fingerprint density at radius 1 is 1.36 bits per heavy atom. The van der Waals surface area contributed by atoms with Crippen molar-refractivity contribution in [1.29, 1.82) is 0 Å². The van der Waals surface area contributed by atoms with Crippen LogP contribution in [0, 0.1) is 0 Å². The van der Waals surface area contributed by atoms with Crippen LogP contribution in [-0.4, -0.2) is 13.3 Å². The minimum Gasteiger partial charge on any atom is -0.454 e. The second-order valence-electron chi connectivity index (χ2n) is 3.49. The van der Waals surface area contributed by atoms with E-state index in [1.807, 2.05) is 6.07 Å². The minimum atomic E-state index is 0.276. The highest BCUT2D eigenvalue weighted by atomic mass is 35.5. The molecule has 0 saturated heterocycles. The predicted octanol–water partition coefficient (Wildman–Crippen LogP) is 2.43. The molecule has 1 aromatic carbocycles. The second-order valence-corrected chi connectivity index (χ2v) is 3.87. The zero-order valence-electron chi connectivity index (χ0n) is 7.60. The molecule has 0 aromatic heterocycles. The van der Waals surface area contributed by atoms with Crippen LogP contribution in [0.2, 0.25) is 5.02 Å². The largest absolute Gasteiger partial charge is 0.454 e. The lowest BCUT2D eigenvalue weighted by Gasteiger charge is -2.19. The van der Waals surface area contributed by atoms with Gasteiger partial charge in [0.2, 0.25) is 6.79 Å². The maximum absolute atomic E-state index is 6.20. The molecule has 0 aliphatic carbocycles. The summed E-state index contributed by atoms with van der Waals surface area (Å²) in [4.78, 5) is 0. The topological polar surface area (TPSA) is 30.5 Å². The highest BCUT2D eigenvalue weighted by Gasteiger charge is 2.24. The average molecular weight is 212 g/mol. The van der Waals surface area contributed by atoms with Gasteiger partial charge in [-0.3, -0.25) is 0 Å². The van der Waals surface area contributed by atoms with E-state index in [4.69, 9.17) is 21.1 Å². The maximum atomic E-state index is 6.20. The van der Waals surface area contributed by atoms with Crippen molar-refractivity contribution in [3.05, 3.63) is 16.7 Å². The molecule has 2 heterocycles. The van der Waals surface area contributed by atoms with Gasteiger partial charge in [0.05, 0.1) is 5.69 Å². The molecule has 2 aliphatic rings. The Kier molecular flexibility index (Phi) is 1.74. The van der Waals surface area contributed by atoms with Crippen LogP contribution in [0.5, 0.6) is 11.5 Å². The van der Waals surface area contributed by atoms with Crippen LogP contribution in [0.15, 0.2) is 6.07 Å². The van der Waals surface area contributed by atoms with E-state index in [0.29, 0.717) is 10.8 Å². The maximum Gasteiger partial charge on any atom is 0.231 e. The molecule has 0 amide bonds. The third kappa shape index (κ3) is 1.05. The standard InChI is InChI=1S/C10H10ClNO2/c11-8-9-6(2-1-3-12-9)4-7-10(8)14-5-13-7/h4,12H,1-3,5H2. The van der Waals surface area contributed by atoms with Gasteiger partial charge in [0, 0.05) is 6.54 Å². The lowest BCUT2D eigenvalue weighted by molar-refractivity contribution is 0.174. The molecule has 74 valence electrons.